The molecule has 0 aliphatic carbocycles. The zero-order valence-electron chi connectivity index (χ0n) is 19.0. The van der Waals surface area contributed by atoms with Gasteiger partial charge in [-0.1, -0.05) is 64.0 Å². The number of carbonyl (C=O) groups is 2. The molecule has 0 spiro atoms. The zero-order chi connectivity index (χ0) is 23.8. The predicted octanol–water partition coefficient (Wildman–Crippen LogP) is 5.94. The maximum Gasteiger partial charge on any atom is 0.490 e. The smallest absolute Gasteiger partial charge is 0.475 e. The highest BCUT2D eigenvalue weighted by molar-refractivity contribution is 5.92. The van der Waals surface area contributed by atoms with E-state index in [1.165, 1.54) is 56.9 Å². The Morgan fingerprint density at radius 2 is 1.59 bits per heavy atom. The van der Waals surface area contributed by atoms with E-state index in [9.17, 15) is 18.0 Å². The van der Waals surface area contributed by atoms with Crippen LogP contribution in [0.2, 0.25) is 0 Å². The van der Waals surface area contributed by atoms with Crippen LogP contribution < -0.4 is 10.6 Å². The summed E-state index contributed by atoms with van der Waals surface area (Å²) in [6.45, 7) is 4.11. The molecule has 5 nitrogen and oxygen atoms in total. The van der Waals surface area contributed by atoms with Crippen LogP contribution in [-0.2, 0) is 16.0 Å². The van der Waals surface area contributed by atoms with Gasteiger partial charge in [-0.3, -0.25) is 4.79 Å². The Balaban J connectivity index is 0.000000633. The molecule has 182 valence electrons. The molecular weight excluding hydrogens is 421 g/mol. The Bertz CT molecular complexity index is 657. The minimum Gasteiger partial charge on any atom is -0.475 e. The molecule has 0 aromatic heterocycles. The lowest BCUT2D eigenvalue weighted by Crippen LogP contribution is -2.37. The van der Waals surface area contributed by atoms with Gasteiger partial charge >= 0.3 is 12.1 Å². The van der Waals surface area contributed by atoms with Gasteiger partial charge in [-0.2, -0.15) is 13.2 Å². The highest BCUT2D eigenvalue weighted by Crippen LogP contribution is 2.17. The quantitative estimate of drug-likeness (QED) is 0.359. The van der Waals surface area contributed by atoms with Crippen LogP contribution in [0.25, 0.3) is 0 Å². The minimum absolute atomic E-state index is 0.116. The summed E-state index contributed by atoms with van der Waals surface area (Å²) in [6.07, 6.45) is 9.04. The standard InChI is InChI=1S/C22H36N2O.C2HF3O2/c1-2-3-4-5-6-7-8-9-11-19-13-15-21(16-14-19)24-22(25)20-12-10-17-23-18-20;3-2(4,5)1(6)7/h13-16,20,23H,2-12,17-18H2,1H3,(H,24,25);(H,6,7). The number of hydrogen-bond donors (Lipinski definition) is 3. The average Bonchev–Trinajstić information content (AvgIpc) is 2.77. The second kappa shape index (κ2) is 15.7. The molecular formula is C24H37F3N2O3. The Morgan fingerprint density at radius 3 is 2.09 bits per heavy atom. The Hall–Kier alpha value is -2.09. The van der Waals surface area contributed by atoms with Crippen LogP contribution >= 0.6 is 0 Å². The summed E-state index contributed by atoms with van der Waals surface area (Å²) >= 11 is 0. The highest BCUT2D eigenvalue weighted by Gasteiger charge is 2.38. The van der Waals surface area contributed by atoms with Crippen LogP contribution in [0.3, 0.4) is 0 Å². The molecule has 1 aromatic carbocycles. The van der Waals surface area contributed by atoms with Crippen LogP contribution in [0, 0.1) is 5.92 Å². The van der Waals surface area contributed by atoms with Crippen molar-refractivity contribution in [1.29, 1.82) is 0 Å². The van der Waals surface area contributed by atoms with E-state index >= 15 is 0 Å². The van der Waals surface area contributed by atoms with Gasteiger partial charge in [0.2, 0.25) is 5.91 Å². The molecule has 0 saturated carbocycles. The van der Waals surface area contributed by atoms with E-state index < -0.39 is 12.1 Å². The van der Waals surface area contributed by atoms with Crippen molar-refractivity contribution in [2.45, 2.75) is 83.7 Å². The molecule has 1 unspecified atom stereocenters. The number of nitrogens with one attached hydrogen (secondary N) is 2. The highest BCUT2D eigenvalue weighted by atomic mass is 19.4. The number of piperidine rings is 1. The number of benzene rings is 1. The Labute approximate surface area is 189 Å². The van der Waals surface area contributed by atoms with Gasteiger partial charge in [0.15, 0.2) is 0 Å². The number of amides is 1. The van der Waals surface area contributed by atoms with Crippen molar-refractivity contribution in [3.05, 3.63) is 29.8 Å². The fourth-order valence-electron chi connectivity index (χ4n) is 3.54. The van der Waals surface area contributed by atoms with Gasteiger partial charge < -0.3 is 15.7 Å². The van der Waals surface area contributed by atoms with Crippen molar-refractivity contribution < 1.29 is 27.9 Å². The number of aliphatic carboxylic acids is 1. The summed E-state index contributed by atoms with van der Waals surface area (Å²) in [5.41, 5.74) is 2.30. The van der Waals surface area contributed by atoms with E-state index in [0.29, 0.717) is 0 Å². The number of anilines is 1. The maximum atomic E-state index is 12.2. The fourth-order valence-corrected chi connectivity index (χ4v) is 3.54. The average molecular weight is 459 g/mol. The molecule has 8 heteroatoms. The van der Waals surface area contributed by atoms with Crippen LogP contribution in [0.15, 0.2) is 24.3 Å². The summed E-state index contributed by atoms with van der Waals surface area (Å²) in [4.78, 5) is 21.1. The van der Waals surface area contributed by atoms with Crippen LogP contribution in [0.4, 0.5) is 18.9 Å². The van der Waals surface area contributed by atoms with Crippen molar-refractivity contribution in [2.24, 2.45) is 5.92 Å². The number of rotatable bonds is 11. The molecule has 1 saturated heterocycles. The lowest BCUT2D eigenvalue weighted by Gasteiger charge is -2.21. The van der Waals surface area contributed by atoms with Crippen molar-refractivity contribution in [2.75, 3.05) is 18.4 Å². The first-order valence-corrected chi connectivity index (χ1v) is 11.6. The largest absolute Gasteiger partial charge is 0.490 e. The van der Waals surface area contributed by atoms with Crippen LogP contribution in [0.5, 0.6) is 0 Å². The number of carbonyl (C=O) groups excluding carboxylic acids is 1. The van der Waals surface area contributed by atoms with Gasteiger partial charge in [-0.05, 0) is 49.9 Å². The van der Waals surface area contributed by atoms with Crippen molar-refractivity contribution in [1.82, 2.24) is 5.32 Å². The number of alkyl halides is 3. The molecule has 1 aliphatic heterocycles. The molecule has 1 atom stereocenters. The topological polar surface area (TPSA) is 78.4 Å². The first-order valence-electron chi connectivity index (χ1n) is 11.6. The normalized spacial score (nSPS) is 16.1. The van der Waals surface area contributed by atoms with Gasteiger partial charge in [-0.15, -0.1) is 0 Å². The molecule has 1 fully saturated rings. The minimum atomic E-state index is -5.08. The van der Waals surface area contributed by atoms with Gasteiger partial charge in [0.1, 0.15) is 0 Å². The molecule has 32 heavy (non-hydrogen) atoms. The van der Waals surface area contributed by atoms with Gasteiger partial charge in [0.25, 0.3) is 0 Å². The number of hydrogen-bond acceptors (Lipinski definition) is 3. The lowest BCUT2D eigenvalue weighted by molar-refractivity contribution is -0.192. The number of halogens is 3. The van der Waals surface area contributed by atoms with E-state index in [1.807, 2.05) is 12.1 Å². The second-order valence-corrected chi connectivity index (χ2v) is 8.26. The van der Waals surface area contributed by atoms with Gasteiger partial charge in [-0.25, -0.2) is 4.79 Å². The van der Waals surface area contributed by atoms with Crippen molar-refractivity contribution >= 4 is 17.6 Å². The number of aryl methyl sites for hydroxylation is 1. The molecule has 0 radical (unpaired) electrons. The second-order valence-electron chi connectivity index (χ2n) is 8.26. The van der Waals surface area contributed by atoms with E-state index in [2.05, 4.69) is 29.7 Å². The summed E-state index contributed by atoms with van der Waals surface area (Å²) < 4.78 is 31.7. The molecule has 0 bridgehead atoms. The Morgan fingerprint density at radius 1 is 1.03 bits per heavy atom. The third-order valence-electron chi connectivity index (χ3n) is 5.45. The van der Waals surface area contributed by atoms with E-state index in [1.54, 1.807) is 0 Å². The summed E-state index contributed by atoms with van der Waals surface area (Å²) in [5, 5.41) is 13.5. The van der Waals surface area contributed by atoms with Crippen LogP contribution in [-0.4, -0.2) is 36.2 Å². The molecule has 2 rings (SSSR count). The lowest BCUT2D eigenvalue weighted by atomic mass is 9.98. The first kappa shape index (κ1) is 27.9. The predicted molar refractivity (Wildman–Crippen MR) is 121 cm³/mol. The summed E-state index contributed by atoms with van der Waals surface area (Å²) in [7, 11) is 0. The number of unbranched alkanes of at least 4 members (excludes halogenated alkanes) is 7. The van der Waals surface area contributed by atoms with Crippen molar-refractivity contribution in [3.63, 3.8) is 0 Å². The van der Waals surface area contributed by atoms with Crippen molar-refractivity contribution in [3.8, 4) is 0 Å². The molecule has 1 heterocycles. The Kier molecular flexibility index (Phi) is 13.7. The molecule has 1 aromatic rings. The fraction of sp³-hybridized carbons (Fsp3) is 0.667. The van der Waals surface area contributed by atoms with E-state index in [-0.39, 0.29) is 11.8 Å². The first-order chi connectivity index (χ1) is 15.2. The molecule has 3 N–H and O–H groups in total. The summed E-state index contributed by atoms with van der Waals surface area (Å²) in [5.74, 6) is -2.48. The number of carboxylic acids is 1. The van der Waals surface area contributed by atoms with E-state index in [0.717, 1.165) is 38.0 Å². The summed E-state index contributed by atoms with van der Waals surface area (Å²) in [6, 6.07) is 8.43. The van der Waals surface area contributed by atoms with E-state index in [4.69, 9.17) is 9.90 Å². The monoisotopic (exact) mass is 458 g/mol. The van der Waals surface area contributed by atoms with Crippen LogP contribution in [0.1, 0.15) is 76.7 Å². The maximum absolute atomic E-state index is 12.2. The number of carboxylic acid groups (broad SMARTS) is 1. The third kappa shape index (κ3) is 12.7. The zero-order valence-corrected chi connectivity index (χ0v) is 19.0. The molecule has 1 amide bonds. The van der Waals surface area contributed by atoms with Gasteiger partial charge in [0, 0.05) is 12.2 Å². The van der Waals surface area contributed by atoms with Gasteiger partial charge in [0.05, 0.1) is 5.92 Å². The third-order valence-corrected chi connectivity index (χ3v) is 5.45. The SMILES string of the molecule is CCCCCCCCCCc1ccc(NC(=O)C2CCCNC2)cc1.O=C(O)C(F)(F)F. The molecule has 1 aliphatic rings.